The highest BCUT2D eigenvalue weighted by Gasteiger charge is 2.58. The first-order valence-electron chi connectivity index (χ1n) is 8.91. The van der Waals surface area contributed by atoms with Crippen LogP contribution in [0.5, 0.6) is 0 Å². The molecule has 132 valence electrons. The van der Waals surface area contributed by atoms with Crippen molar-refractivity contribution in [3.8, 4) is 0 Å². The summed E-state index contributed by atoms with van der Waals surface area (Å²) in [4.78, 5) is 24.6. The van der Waals surface area contributed by atoms with Gasteiger partial charge in [0.05, 0.1) is 11.0 Å². The van der Waals surface area contributed by atoms with Crippen molar-refractivity contribution in [2.75, 3.05) is 0 Å². The smallest absolute Gasteiger partial charge is 0.309 e. The van der Waals surface area contributed by atoms with E-state index in [0.717, 1.165) is 24.8 Å². The van der Waals surface area contributed by atoms with Crippen LogP contribution in [0.25, 0.3) is 0 Å². The van der Waals surface area contributed by atoms with Gasteiger partial charge in [0, 0.05) is 12.0 Å². The number of carbonyl (C=O) groups is 2. The molecule has 0 aromatic heterocycles. The van der Waals surface area contributed by atoms with Crippen molar-refractivity contribution in [3.05, 3.63) is 23.3 Å². The van der Waals surface area contributed by atoms with Crippen LogP contribution in [0.3, 0.4) is 0 Å². The molecule has 0 radical (unpaired) electrons. The van der Waals surface area contributed by atoms with Crippen molar-refractivity contribution in [2.45, 2.75) is 65.4 Å². The zero-order chi connectivity index (χ0) is 17.9. The highest BCUT2D eigenvalue weighted by atomic mass is 16.4. The Bertz CT molecular complexity index is 651. The highest BCUT2D eigenvalue weighted by molar-refractivity contribution is 5.99. The second kappa shape index (κ2) is 5.29. The number of aliphatic carboxylic acids is 1. The van der Waals surface area contributed by atoms with Crippen molar-refractivity contribution in [3.63, 3.8) is 0 Å². The number of hydrogen-bond donors (Lipinski definition) is 2. The Labute approximate surface area is 143 Å². The van der Waals surface area contributed by atoms with Crippen molar-refractivity contribution in [2.24, 2.45) is 22.7 Å². The molecule has 3 aliphatic rings. The fraction of sp³-hybridized carbons (Fsp3) is 0.700. The molecule has 4 atom stereocenters. The molecule has 0 spiro atoms. The molecule has 0 aromatic rings. The number of carboxylic acid groups (broad SMARTS) is 1. The Balaban J connectivity index is 2.06. The molecule has 0 aliphatic heterocycles. The van der Waals surface area contributed by atoms with Gasteiger partial charge in [-0.15, -0.1) is 0 Å². The van der Waals surface area contributed by atoms with Gasteiger partial charge in [0.1, 0.15) is 0 Å². The number of rotatable bonds is 2. The molecule has 2 unspecified atom stereocenters. The summed E-state index contributed by atoms with van der Waals surface area (Å²) in [5.74, 6) is -0.608. The Morgan fingerprint density at radius 2 is 1.96 bits per heavy atom. The third-order valence-electron chi connectivity index (χ3n) is 6.91. The average molecular weight is 332 g/mol. The summed E-state index contributed by atoms with van der Waals surface area (Å²) >= 11 is 0. The van der Waals surface area contributed by atoms with E-state index in [1.807, 2.05) is 13.0 Å². The highest BCUT2D eigenvalue weighted by Crippen LogP contribution is 2.61. The minimum atomic E-state index is -1.14. The van der Waals surface area contributed by atoms with Gasteiger partial charge in [-0.1, -0.05) is 19.4 Å². The largest absolute Gasteiger partial charge is 0.481 e. The zero-order valence-corrected chi connectivity index (χ0v) is 15.1. The first kappa shape index (κ1) is 17.4. The Morgan fingerprint density at radius 1 is 1.29 bits per heavy atom. The maximum absolute atomic E-state index is 12.6. The fourth-order valence-electron chi connectivity index (χ4n) is 5.46. The summed E-state index contributed by atoms with van der Waals surface area (Å²) < 4.78 is 0. The third-order valence-corrected chi connectivity index (χ3v) is 6.91. The number of carbonyl (C=O) groups excluding carboxylic acids is 1. The average Bonchev–Trinajstić information content (AvgIpc) is 2.46. The van der Waals surface area contributed by atoms with Gasteiger partial charge < -0.3 is 10.2 Å². The van der Waals surface area contributed by atoms with Gasteiger partial charge >= 0.3 is 5.97 Å². The molecule has 1 saturated carbocycles. The Hall–Kier alpha value is -1.42. The summed E-state index contributed by atoms with van der Waals surface area (Å²) in [7, 11) is 0. The minimum Gasteiger partial charge on any atom is -0.481 e. The molecule has 3 aliphatic carbocycles. The van der Waals surface area contributed by atoms with Crippen LogP contribution in [0.4, 0.5) is 0 Å². The standard InChI is InChI=1S/C20H28O4/c1-18(2,24)14-10-12-6-7-16-19(3,13(12)11-15(14)21)8-5-9-20(16,4)17(22)23/h6,10,13,16,24H,5,7-9,11H2,1-4H3,(H,22,23)/t13?,16?,19-,20-/m1/s1. The molecule has 0 bridgehead atoms. The first-order chi connectivity index (χ1) is 11.0. The van der Waals surface area contributed by atoms with Crippen LogP contribution < -0.4 is 0 Å². The van der Waals surface area contributed by atoms with Gasteiger partial charge in [-0.2, -0.15) is 0 Å². The van der Waals surface area contributed by atoms with Crippen molar-refractivity contribution >= 4 is 11.8 Å². The predicted molar refractivity (Wildman–Crippen MR) is 91.4 cm³/mol. The van der Waals surface area contributed by atoms with E-state index in [1.165, 1.54) is 0 Å². The second-order valence-electron chi connectivity index (χ2n) is 8.87. The molecule has 4 heteroatoms. The van der Waals surface area contributed by atoms with E-state index in [4.69, 9.17) is 0 Å². The fourth-order valence-corrected chi connectivity index (χ4v) is 5.46. The quantitative estimate of drug-likeness (QED) is 0.811. The molecule has 1 fully saturated rings. The monoisotopic (exact) mass is 332 g/mol. The van der Waals surface area contributed by atoms with Crippen LogP contribution in [0.2, 0.25) is 0 Å². The van der Waals surface area contributed by atoms with Crippen LogP contribution in [0.15, 0.2) is 23.3 Å². The number of carboxylic acids is 1. The number of fused-ring (bicyclic) bond motifs is 3. The SMILES string of the molecule is CC(C)(O)C1=CC2=CCC3[C@](C)(CCC[C@@]3(C)C(=O)O)C2CC1=O. The van der Waals surface area contributed by atoms with Gasteiger partial charge in [0.25, 0.3) is 0 Å². The number of ketones is 1. The van der Waals surface area contributed by atoms with Gasteiger partial charge in [-0.05, 0) is 68.9 Å². The van der Waals surface area contributed by atoms with Gasteiger partial charge in [0.2, 0.25) is 0 Å². The lowest BCUT2D eigenvalue weighted by atomic mass is 9.46. The van der Waals surface area contributed by atoms with E-state index >= 15 is 0 Å². The maximum atomic E-state index is 12.6. The molecule has 0 aromatic carbocycles. The number of hydrogen-bond acceptors (Lipinski definition) is 3. The van der Waals surface area contributed by atoms with Crippen LogP contribution in [0, 0.1) is 22.7 Å². The molecule has 0 saturated heterocycles. The topological polar surface area (TPSA) is 74.6 Å². The van der Waals surface area contributed by atoms with E-state index in [2.05, 4.69) is 13.0 Å². The molecule has 3 rings (SSSR count). The Kier molecular flexibility index (Phi) is 3.83. The zero-order valence-electron chi connectivity index (χ0n) is 15.1. The lowest BCUT2D eigenvalue weighted by molar-refractivity contribution is -0.162. The van der Waals surface area contributed by atoms with Crippen molar-refractivity contribution in [1.29, 1.82) is 0 Å². The van der Waals surface area contributed by atoms with Crippen LogP contribution in [-0.4, -0.2) is 27.6 Å². The lowest BCUT2D eigenvalue weighted by Crippen LogP contribution is -2.53. The predicted octanol–water partition coefficient (Wildman–Crippen LogP) is 3.50. The van der Waals surface area contributed by atoms with Crippen LogP contribution in [-0.2, 0) is 9.59 Å². The van der Waals surface area contributed by atoms with Gasteiger partial charge in [-0.25, -0.2) is 0 Å². The molecule has 2 N–H and O–H groups in total. The third kappa shape index (κ3) is 2.38. The molecule has 4 nitrogen and oxygen atoms in total. The van der Waals surface area contributed by atoms with E-state index in [9.17, 15) is 19.8 Å². The minimum absolute atomic E-state index is 0.00544. The van der Waals surface area contributed by atoms with Crippen LogP contribution in [0.1, 0.15) is 59.8 Å². The molecule has 0 amide bonds. The Morgan fingerprint density at radius 3 is 2.54 bits per heavy atom. The first-order valence-corrected chi connectivity index (χ1v) is 8.91. The van der Waals surface area contributed by atoms with E-state index in [-0.39, 0.29) is 23.0 Å². The number of allylic oxidation sites excluding steroid dienone is 3. The van der Waals surface area contributed by atoms with E-state index in [1.54, 1.807) is 13.8 Å². The van der Waals surface area contributed by atoms with E-state index in [0.29, 0.717) is 18.4 Å². The summed E-state index contributed by atoms with van der Waals surface area (Å²) in [6.07, 6.45) is 7.64. The summed E-state index contributed by atoms with van der Waals surface area (Å²) in [5.41, 5.74) is -0.447. The molecular formula is C20H28O4. The van der Waals surface area contributed by atoms with Crippen molar-refractivity contribution in [1.82, 2.24) is 0 Å². The van der Waals surface area contributed by atoms with Crippen LogP contribution >= 0.6 is 0 Å². The second-order valence-corrected chi connectivity index (χ2v) is 8.87. The molecule has 0 heterocycles. The molecule has 24 heavy (non-hydrogen) atoms. The summed E-state index contributed by atoms with van der Waals surface area (Å²) in [6, 6.07) is 0. The molecular weight excluding hydrogens is 304 g/mol. The van der Waals surface area contributed by atoms with E-state index < -0.39 is 17.0 Å². The van der Waals surface area contributed by atoms with Gasteiger partial charge in [-0.3, -0.25) is 9.59 Å². The number of aliphatic hydroxyl groups is 1. The normalized spacial score (nSPS) is 39.5. The van der Waals surface area contributed by atoms with Crippen molar-refractivity contribution < 1.29 is 19.8 Å². The lowest BCUT2D eigenvalue weighted by Gasteiger charge is -2.56. The maximum Gasteiger partial charge on any atom is 0.309 e. The summed E-state index contributed by atoms with van der Waals surface area (Å²) in [5, 5.41) is 20.1. The van der Waals surface area contributed by atoms with Gasteiger partial charge in [0.15, 0.2) is 5.78 Å². The summed E-state index contributed by atoms with van der Waals surface area (Å²) in [6.45, 7) is 7.34. The number of Topliss-reactive ketones (excluding diaryl/α,β-unsaturated/α-hetero) is 1.